The monoisotopic (exact) mass is 435 g/mol. The average molecular weight is 435 g/mol. The highest BCUT2D eigenvalue weighted by Crippen LogP contribution is 2.43. The predicted octanol–water partition coefficient (Wildman–Crippen LogP) is 4.77. The van der Waals surface area contributed by atoms with Crippen LogP contribution in [0.25, 0.3) is 38.9 Å². The smallest absolute Gasteiger partial charge is 0.306 e. The third-order valence-electron chi connectivity index (χ3n) is 6.50. The maximum Gasteiger partial charge on any atom is 0.306 e. The summed E-state index contributed by atoms with van der Waals surface area (Å²) in [6.45, 7) is 0. The minimum Gasteiger partial charge on any atom is -0.481 e. The van der Waals surface area contributed by atoms with E-state index >= 15 is 0 Å². The molecule has 5 aromatic rings. The van der Waals surface area contributed by atoms with Crippen LogP contribution in [0.15, 0.2) is 73.1 Å². The molecule has 33 heavy (non-hydrogen) atoms. The van der Waals surface area contributed by atoms with Crippen molar-refractivity contribution in [1.29, 1.82) is 0 Å². The standard InChI is InChI=1S/C26H21N5O2/c27-24-23-22(30-25(31(23)11-10-28-24)18-12-19(13-18)26(32)33)17-7-6-16-8-9-20(29-21(16)14-17)15-4-2-1-3-5-15/h1-11,14,18-19H,12-13H2,(H2,27,28)(H,32,33)/t18-,19+. The van der Waals surface area contributed by atoms with Crippen LogP contribution < -0.4 is 5.73 Å². The number of carboxylic acid groups (broad SMARTS) is 1. The van der Waals surface area contributed by atoms with Crippen LogP contribution in [0.1, 0.15) is 24.6 Å². The van der Waals surface area contributed by atoms with Crippen molar-refractivity contribution in [3.05, 3.63) is 78.9 Å². The summed E-state index contributed by atoms with van der Waals surface area (Å²) in [6.07, 6.45) is 4.66. The van der Waals surface area contributed by atoms with Gasteiger partial charge in [0.05, 0.1) is 17.1 Å². The number of imidazole rings is 1. The maximum absolute atomic E-state index is 11.3. The Bertz CT molecular complexity index is 1520. The quantitative estimate of drug-likeness (QED) is 0.421. The number of nitrogen functional groups attached to an aromatic ring is 1. The molecule has 0 aliphatic heterocycles. The number of pyridine rings is 1. The average Bonchev–Trinajstić information content (AvgIpc) is 3.18. The number of hydrogen-bond acceptors (Lipinski definition) is 5. The fraction of sp³-hybridized carbons (Fsp3) is 0.154. The zero-order valence-corrected chi connectivity index (χ0v) is 17.7. The van der Waals surface area contributed by atoms with E-state index in [4.69, 9.17) is 15.7 Å². The molecule has 0 spiro atoms. The summed E-state index contributed by atoms with van der Waals surface area (Å²) in [5.41, 5.74) is 11.5. The number of fused-ring (bicyclic) bond motifs is 2. The van der Waals surface area contributed by atoms with Crippen molar-refractivity contribution in [3.8, 4) is 22.5 Å². The van der Waals surface area contributed by atoms with Gasteiger partial charge in [-0.05, 0) is 25.0 Å². The number of aromatic nitrogens is 4. The second kappa shape index (κ2) is 7.41. The Kier molecular flexibility index (Phi) is 4.36. The number of benzene rings is 2. The first-order valence-corrected chi connectivity index (χ1v) is 10.9. The highest BCUT2D eigenvalue weighted by atomic mass is 16.4. The summed E-state index contributed by atoms with van der Waals surface area (Å²) in [5, 5.41) is 10.3. The van der Waals surface area contributed by atoms with Gasteiger partial charge < -0.3 is 10.8 Å². The van der Waals surface area contributed by atoms with Crippen molar-refractivity contribution in [2.24, 2.45) is 5.92 Å². The number of anilines is 1. The topological polar surface area (TPSA) is 106 Å². The van der Waals surface area contributed by atoms with Gasteiger partial charge in [-0.25, -0.2) is 15.0 Å². The Morgan fingerprint density at radius 3 is 2.58 bits per heavy atom. The van der Waals surface area contributed by atoms with E-state index in [2.05, 4.69) is 11.1 Å². The second-order valence-electron chi connectivity index (χ2n) is 8.52. The van der Waals surface area contributed by atoms with Crippen LogP contribution in [0.3, 0.4) is 0 Å². The Hall–Kier alpha value is -4.26. The molecule has 0 amide bonds. The fourth-order valence-corrected chi connectivity index (χ4v) is 4.64. The van der Waals surface area contributed by atoms with Crippen LogP contribution >= 0.6 is 0 Å². The zero-order chi connectivity index (χ0) is 22.5. The summed E-state index contributed by atoms with van der Waals surface area (Å²) in [5.74, 6) is 0.246. The highest BCUT2D eigenvalue weighted by Gasteiger charge is 2.38. The Balaban J connectivity index is 1.47. The van der Waals surface area contributed by atoms with Gasteiger partial charge in [0.2, 0.25) is 0 Å². The molecule has 3 heterocycles. The molecule has 3 N–H and O–H groups in total. The third kappa shape index (κ3) is 3.20. The van der Waals surface area contributed by atoms with E-state index in [1.165, 1.54) is 0 Å². The summed E-state index contributed by atoms with van der Waals surface area (Å²) >= 11 is 0. The van der Waals surface area contributed by atoms with Gasteiger partial charge in [-0.15, -0.1) is 0 Å². The number of carboxylic acids is 1. The predicted molar refractivity (Wildman–Crippen MR) is 127 cm³/mol. The lowest BCUT2D eigenvalue weighted by atomic mass is 9.74. The summed E-state index contributed by atoms with van der Waals surface area (Å²) < 4.78 is 1.96. The van der Waals surface area contributed by atoms with Crippen molar-refractivity contribution in [3.63, 3.8) is 0 Å². The lowest BCUT2D eigenvalue weighted by Crippen LogP contribution is -2.29. The van der Waals surface area contributed by atoms with Crippen molar-refractivity contribution in [1.82, 2.24) is 19.4 Å². The zero-order valence-electron chi connectivity index (χ0n) is 17.7. The van der Waals surface area contributed by atoms with Gasteiger partial charge in [-0.2, -0.15) is 0 Å². The molecule has 1 saturated carbocycles. The molecule has 1 aliphatic rings. The molecule has 1 aliphatic carbocycles. The second-order valence-corrected chi connectivity index (χ2v) is 8.52. The minimum atomic E-state index is -0.747. The van der Waals surface area contributed by atoms with Gasteiger partial charge in [-0.3, -0.25) is 9.20 Å². The van der Waals surface area contributed by atoms with Crippen LogP contribution in [-0.2, 0) is 4.79 Å². The fourth-order valence-electron chi connectivity index (χ4n) is 4.64. The van der Waals surface area contributed by atoms with Crippen LogP contribution in [0.5, 0.6) is 0 Å². The Morgan fingerprint density at radius 2 is 1.79 bits per heavy atom. The molecule has 6 rings (SSSR count). The number of hydrogen-bond donors (Lipinski definition) is 2. The molecule has 0 bridgehead atoms. The number of nitrogens with two attached hydrogens (primary N) is 1. The van der Waals surface area contributed by atoms with Crippen molar-refractivity contribution in [2.75, 3.05) is 5.73 Å². The van der Waals surface area contributed by atoms with E-state index in [9.17, 15) is 9.90 Å². The molecule has 0 unspecified atom stereocenters. The van der Waals surface area contributed by atoms with Crippen molar-refractivity contribution >= 4 is 28.2 Å². The van der Waals surface area contributed by atoms with Gasteiger partial charge in [0.1, 0.15) is 22.9 Å². The van der Waals surface area contributed by atoms with E-state index in [0.717, 1.165) is 44.8 Å². The number of aliphatic carboxylic acids is 1. The third-order valence-corrected chi connectivity index (χ3v) is 6.50. The molecule has 162 valence electrons. The van der Waals surface area contributed by atoms with E-state index < -0.39 is 5.97 Å². The van der Waals surface area contributed by atoms with E-state index in [1.54, 1.807) is 6.20 Å². The van der Waals surface area contributed by atoms with Crippen LogP contribution in [0.2, 0.25) is 0 Å². The maximum atomic E-state index is 11.3. The van der Waals surface area contributed by atoms with E-state index in [-0.39, 0.29) is 11.8 Å². The molecule has 7 nitrogen and oxygen atoms in total. The number of nitrogens with zero attached hydrogens (tertiary/aromatic N) is 4. The molecule has 0 radical (unpaired) electrons. The lowest BCUT2D eigenvalue weighted by Gasteiger charge is -2.31. The van der Waals surface area contributed by atoms with Crippen molar-refractivity contribution in [2.45, 2.75) is 18.8 Å². The van der Waals surface area contributed by atoms with Crippen LogP contribution in [0, 0.1) is 5.92 Å². The lowest BCUT2D eigenvalue weighted by molar-refractivity contribution is -0.145. The molecular formula is C26H21N5O2. The molecule has 0 atom stereocenters. The first-order valence-electron chi connectivity index (χ1n) is 10.9. The van der Waals surface area contributed by atoms with Gasteiger partial charge in [0, 0.05) is 34.8 Å². The molecule has 1 fully saturated rings. The van der Waals surface area contributed by atoms with E-state index in [0.29, 0.717) is 18.7 Å². The number of rotatable bonds is 4. The SMILES string of the molecule is Nc1nccn2c1c(-c1ccc3ccc(-c4ccccc4)nc3c1)nc2[C@H]1C[C@@H](C(=O)O)C1. The van der Waals surface area contributed by atoms with Gasteiger partial charge >= 0.3 is 5.97 Å². The Morgan fingerprint density at radius 1 is 1.00 bits per heavy atom. The van der Waals surface area contributed by atoms with Crippen molar-refractivity contribution < 1.29 is 9.90 Å². The van der Waals surface area contributed by atoms with Crippen LogP contribution in [0.4, 0.5) is 5.82 Å². The molecular weight excluding hydrogens is 414 g/mol. The first kappa shape index (κ1) is 19.4. The van der Waals surface area contributed by atoms with Gasteiger partial charge in [0.25, 0.3) is 0 Å². The number of carbonyl (C=O) groups is 1. The van der Waals surface area contributed by atoms with E-state index in [1.807, 2.05) is 65.2 Å². The molecule has 0 saturated heterocycles. The Labute approximate surface area is 189 Å². The first-order chi connectivity index (χ1) is 16.1. The van der Waals surface area contributed by atoms with Gasteiger partial charge in [0.15, 0.2) is 0 Å². The summed E-state index contributed by atoms with van der Waals surface area (Å²) in [4.78, 5) is 25.4. The van der Waals surface area contributed by atoms with Crippen LogP contribution in [-0.4, -0.2) is 30.4 Å². The highest BCUT2D eigenvalue weighted by molar-refractivity contribution is 5.91. The molecule has 7 heteroatoms. The molecule has 2 aromatic carbocycles. The summed E-state index contributed by atoms with van der Waals surface area (Å²) in [6, 6.07) is 20.3. The minimum absolute atomic E-state index is 0.0809. The summed E-state index contributed by atoms with van der Waals surface area (Å²) in [7, 11) is 0. The normalized spacial score (nSPS) is 17.8. The molecule has 3 aromatic heterocycles. The van der Waals surface area contributed by atoms with Gasteiger partial charge in [-0.1, -0.05) is 48.5 Å². The largest absolute Gasteiger partial charge is 0.481 e.